The zero-order valence-electron chi connectivity index (χ0n) is 13.8. The summed E-state index contributed by atoms with van der Waals surface area (Å²) in [6.07, 6.45) is 0.952. The molecule has 0 bridgehead atoms. The SMILES string of the molecule is Cc1noc(C)c1S(=O)(=O)N1CCC[C@H]1C(=O)Nc1cccc(F)c1. The summed E-state index contributed by atoms with van der Waals surface area (Å²) >= 11 is 0. The number of aromatic nitrogens is 1. The molecule has 1 saturated heterocycles. The molecule has 1 N–H and O–H groups in total. The Bertz CT molecular complexity index is 890. The molecule has 2 aromatic rings. The number of anilines is 1. The number of nitrogens with zero attached hydrogens (tertiary/aromatic N) is 2. The lowest BCUT2D eigenvalue weighted by atomic mass is 10.2. The topological polar surface area (TPSA) is 92.5 Å². The van der Waals surface area contributed by atoms with Gasteiger partial charge in [0.1, 0.15) is 22.4 Å². The minimum absolute atomic E-state index is 0.00189. The van der Waals surface area contributed by atoms with Gasteiger partial charge >= 0.3 is 0 Å². The molecule has 1 aliphatic heterocycles. The van der Waals surface area contributed by atoms with Crippen molar-refractivity contribution < 1.29 is 22.1 Å². The number of benzene rings is 1. The highest BCUT2D eigenvalue weighted by atomic mass is 32.2. The van der Waals surface area contributed by atoms with Gasteiger partial charge in [-0.1, -0.05) is 11.2 Å². The van der Waals surface area contributed by atoms with E-state index < -0.39 is 27.8 Å². The van der Waals surface area contributed by atoms with Crippen LogP contribution >= 0.6 is 0 Å². The number of carbonyl (C=O) groups excluding carboxylic acids is 1. The van der Waals surface area contributed by atoms with Crippen molar-refractivity contribution >= 4 is 21.6 Å². The first-order valence-electron chi connectivity index (χ1n) is 7.82. The largest absolute Gasteiger partial charge is 0.360 e. The molecule has 1 amide bonds. The Labute approximate surface area is 144 Å². The Hall–Kier alpha value is -2.26. The maximum atomic E-state index is 13.3. The van der Waals surface area contributed by atoms with Crippen LogP contribution in [-0.2, 0) is 14.8 Å². The fourth-order valence-corrected chi connectivity index (χ4v) is 4.99. The van der Waals surface area contributed by atoms with E-state index >= 15 is 0 Å². The number of sulfonamides is 1. The molecule has 25 heavy (non-hydrogen) atoms. The molecule has 7 nitrogen and oxygen atoms in total. The maximum Gasteiger partial charge on any atom is 0.249 e. The van der Waals surface area contributed by atoms with Gasteiger partial charge in [0.05, 0.1) is 0 Å². The van der Waals surface area contributed by atoms with Gasteiger partial charge in [0, 0.05) is 12.2 Å². The zero-order valence-corrected chi connectivity index (χ0v) is 14.6. The number of amides is 1. The first kappa shape index (κ1) is 17.6. The summed E-state index contributed by atoms with van der Waals surface area (Å²) < 4.78 is 45.3. The number of hydrogen-bond donors (Lipinski definition) is 1. The van der Waals surface area contributed by atoms with Crippen molar-refractivity contribution in [1.29, 1.82) is 0 Å². The van der Waals surface area contributed by atoms with Crippen LogP contribution in [0.5, 0.6) is 0 Å². The van der Waals surface area contributed by atoms with E-state index in [1.54, 1.807) is 13.0 Å². The Morgan fingerprint density at radius 3 is 2.80 bits per heavy atom. The smallest absolute Gasteiger partial charge is 0.249 e. The van der Waals surface area contributed by atoms with Crippen LogP contribution in [0.25, 0.3) is 0 Å². The fourth-order valence-electron chi connectivity index (χ4n) is 3.04. The molecule has 134 valence electrons. The quantitative estimate of drug-likeness (QED) is 0.894. The number of nitrogens with one attached hydrogen (secondary N) is 1. The van der Waals surface area contributed by atoms with Gasteiger partial charge in [-0.2, -0.15) is 4.31 Å². The van der Waals surface area contributed by atoms with Crippen LogP contribution < -0.4 is 5.32 Å². The van der Waals surface area contributed by atoms with Crippen molar-refractivity contribution in [2.45, 2.75) is 37.6 Å². The van der Waals surface area contributed by atoms with Gasteiger partial charge in [-0.05, 0) is 44.9 Å². The Kier molecular flexibility index (Phi) is 4.61. The second-order valence-corrected chi connectivity index (χ2v) is 7.75. The third-order valence-electron chi connectivity index (χ3n) is 4.13. The van der Waals surface area contributed by atoms with Crippen LogP contribution in [0.15, 0.2) is 33.7 Å². The van der Waals surface area contributed by atoms with E-state index in [9.17, 15) is 17.6 Å². The van der Waals surface area contributed by atoms with E-state index in [1.807, 2.05) is 0 Å². The molecule has 0 radical (unpaired) electrons. The molecule has 0 unspecified atom stereocenters. The average Bonchev–Trinajstić information content (AvgIpc) is 3.15. The summed E-state index contributed by atoms with van der Waals surface area (Å²) in [5.41, 5.74) is 0.542. The Morgan fingerprint density at radius 2 is 2.16 bits per heavy atom. The highest BCUT2D eigenvalue weighted by Crippen LogP contribution is 2.30. The van der Waals surface area contributed by atoms with Crippen LogP contribution in [-0.4, -0.2) is 36.4 Å². The summed E-state index contributed by atoms with van der Waals surface area (Å²) in [5, 5.41) is 6.26. The number of carbonyl (C=O) groups is 1. The van der Waals surface area contributed by atoms with Gasteiger partial charge in [-0.3, -0.25) is 4.79 Å². The summed E-state index contributed by atoms with van der Waals surface area (Å²) in [7, 11) is -3.91. The monoisotopic (exact) mass is 367 g/mol. The molecule has 0 aliphatic carbocycles. The first-order chi connectivity index (χ1) is 11.8. The lowest BCUT2D eigenvalue weighted by molar-refractivity contribution is -0.119. The minimum Gasteiger partial charge on any atom is -0.360 e. The van der Waals surface area contributed by atoms with E-state index in [4.69, 9.17) is 4.52 Å². The van der Waals surface area contributed by atoms with Gasteiger partial charge in [0.2, 0.25) is 15.9 Å². The highest BCUT2D eigenvalue weighted by Gasteiger charge is 2.41. The van der Waals surface area contributed by atoms with Crippen LogP contribution in [0, 0.1) is 19.7 Å². The molecule has 1 aliphatic rings. The van der Waals surface area contributed by atoms with Crippen LogP contribution in [0.4, 0.5) is 10.1 Å². The lowest BCUT2D eigenvalue weighted by Crippen LogP contribution is -2.43. The van der Waals surface area contributed by atoms with Gasteiger partial charge in [-0.15, -0.1) is 0 Å². The first-order valence-corrected chi connectivity index (χ1v) is 9.26. The van der Waals surface area contributed by atoms with Crippen LogP contribution in [0.3, 0.4) is 0 Å². The molecule has 1 aromatic heterocycles. The van der Waals surface area contributed by atoms with Crippen molar-refractivity contribution in [2.24, 2.45) is 0 Å². The molecule has 2 heterocycles. The lowest BCUT2D eigenvalue weighted by Gasteiger charge is -2.23. The zero-order chi connectivity index (χ0) is 18.2. The van der Waals surface area contributed by atoms with Crippen LogP contribution in [0.2, 0.25) is 0 Å². The maximum absolute atomic E-state index is 13.3. The molecule has 1 atom stereocenters. The van der Waals surface area contributed by atoms with Gasteiger partial charge < -0.3 is 9.84 Å². The molecule has 0 saturated carbocycles. The highest BCUT2D eigenvalue weighted by molar-refractivity contribution is 7.89. The fraction of sp³-hybridized carbons (Fsp3) is 0.375. The molecule has 3 rings (SSSR count). The molecule has 1 aromatic carbocycles. The normalized spacial score (nSPS) is 18.4. The van der Waals surface area contributed by atoms with Gasteiger partial charge in [0.25, 0.3) is 0 Å². The third-order valence-corrected chi connectivity index (χ3v) is 6.29. The average molecular weight is 367 g/mol. The molecule has 1 fully saturated rings. The summed E-state index contributed by atoms with van der Waals surface area (Å²) in [4.78, 5) is 12.5. The molecule has 9 heteroatoms. The second kappa shape index (κ2) is 6.57. The third kappa shape index (κ3) is 3.29. The number of halogens is 1. The second-order valence-electron chi connectivity index (χ2n) is 5.93. The van der Waals surface area contributed by atoms with Crippen molar-refractivity contribution in [3.8, 4) is 0 Å². The van der Waals surface area contributed by atoms with E-state index in [2.05, 4.69) is 10.5 Å². The molecular weight excluding hydrogens is 349 g/mol. The Balaban J connectivity index is 1.86. The van der Waals surface area contributed by atoms with Crippen molar-refractivity contribution in [3.05, 3.63) is 41.5 Å². The van der Waals surface area contributed by atoms with Crippen molar-refractivity contribution in [1.82, 2.24) is 9.46 Å². The van der Waals surface area contributed by atoms with Gasteiger partial charge in [-0.25, -0.2) is 12.8 Å². The minimum atomic E-state index is -3.91. The van der Waals surface area contributed by atoms with Crippen molar-refractivity contribution in [3.63, 3.8) is 0 Å². The Morgan fingerprint density at radius 1 is 1.40 bits per heavy atom. The standard InChI is InChI=1S/C16H18FN3O4S/c1-10-15(11(2)24-19-10)25(22,23)20-8-4-7-14(20)16(21)18-13-6-3-5-12(17)9-13/h3,5-6,9,14H,4,7-8H2,1-2H3,(H,18,21)/t14-/m0/s1. The number of rotatable bonds is 4. The van der Waals surface area contributed by atoms with Crippen molar-refractivity contribution in [2.75, 3.05) is 11.9 Å². The number of hydrogen-bond acceptors (Lipinski definition) is 5. The van der Waals surface area contributed by atoms with E-state index in [0.717, 1.165) is 4.31 Å². The molecular formula is C16H18FN3O4S. The number of aryl methyl sites for hydroxylation is 2. The molecule has 0 spiro atoms. The summed E-state index contributed by atoms with van der Waals surface area (Å²) in [5.74, 6) is -0.781. The summed E-state index contributed by atoms with van der Waals surface area (Å²) in [6, 6.07) is 4.60. The predicted molar refractivity (Wildman–Crippen MR) is 87.9 cm³/mol. The van der Waals surface area contributed by atoms with E-state index in [0.29, 0.717) is 12.8 Å². The van der Waals surface area contributed by atoms with Gasteiger partial charge in [0.15, 0.2) is 5.76 Å². The van der Waals surface area contributed by atoms with E-state index in [-0.39, 0.29) is 28.6 Å². The van der Waals surface area contributed by atoms with Crippen LogP contribution in [0.1, 0.15) is 24.3 Å². The predicted octanol–water partition coefficient (Wildman–Crippen LogP) is 2.22. The summed E-state index contributed by atoms with van der Waals surface area (Å²) in [6.45, 7) is 3.29. The van der Waals surface area contributed by atoms with E-state index in [1.165, 1.54) is 25.1 Å².